The average molecular weight is 297 g/mol. The molecule has 0 aromatic heterocycles. The number of benzene rings is 1. The van der Waals surface area contributed by atoms with E-state index >= 15 is 0 Å². The minimum absolute atomic E-state index is 0.00171. The number of methoxy groups -OCH3 is 1. The van der Waals surface area contributed by atoms with E-state index in [1.54, 1.807) is 19.2 Å². The maximum atomic E-state index is 12.7. The second kappa shape index (κ2) is 5.54. The van der Waals surface area contributed by atoms with E-state index in [4.69, 9.17) is 0 Å². The number of sulfonamides is 1. The van der Waals surface area contributed by atoms with Gasteiger partial charge in [0.25, 0.3) is 0 Å². The zero-order valence-corrected chi connectivity index (χ0v) is 12.7. The van der Waals surface area contributed by atoms with Crippen molar-refractivity contribution >= 4 is 16.0 Å². The number of ether oxygens (including phenoxy) is 1. The standard InChI is InChI=1S/C14H19NO4S/c1-10(11-8-9-11)15(2)20(17,18)13-7-5-4-6-12(13)14(16)19-3/h4-7,10-11H,8-9H2,1-3H3. The van der Waals surface area contributed by atoms with Crippen LogP contribution in [-0.4, -0.2) is 38.9 Å². The predicted molar refractivity (Wildman–Crippen MR) is 74.9 cm³/mol. The molecule has 110 valence electrons. The first kappa shape index (κ1) is 15.0. The van der Waals surface area contributed by atoms with Crippen LogP contribution < -0.4 is 0 Å². The second-order valence-electron chi connectivity index (χ2n) is 5.09. The Labute approximate surface area is 119 Å². The van der Waals surface area contributed by atoms with Crippen LogP contribution in [0, 0.1) is 5.92 Å². The van der Waals surface area contributed by atoms with Crippen molar-refractivity contribution in [2.75, 3.05) is 14.2 Å². The fourth-order valence-electron chi connectivity index (χ4n) is 2.22. The van der Waals surface area contributed by atoms with Crippen molar-refractivity contribution in [3.05, 3.63) is 29.8 Å². The summed E-state index contributed by atoms with van der Waals surface area (Å²) in [6, 6.07) is 6.07. The minimum Gasteiger partial charge on any atom is -0.465 e. The molecule has 0 aliphatic heterocycles. The van der Waals surface area contributed by atoms with E-state index < -0.39 is 16.0 Å². The Morgan fingerprint density at radius 1 is 1.35 bits per heavy atom. The number of hydrogen-bond donors (Lipinski definition) is 0. The SMILES string of the molecule is COC(=O)c1ccccc1S(=O)(=O)N(C)C(C)C1CC1. The number of nitrogens with zero attached hydrogens (tertiary/aromatic N) is 1. The molecule has 0 heterocycles. The Morgan fingerprint density at radius 3 is 2.50 bits per heavy atom. The van der Waals surface area contributed by atoms with Crippen molar-refractivity contribution in [1.29, 1.82) is 0 Å². The minimum atomic E-state index is -3.70. The van der Waals surface area contributed by atoms with Crippen LogP contribution in [-0.2, 0) is 14.8 Å². The van der Waals surface area contributed by atoms with Crippen molar-refractivity contribution in [3.63, 3.8) is 0 Å². The summed E-state index contributed by atoms with van der Waals surface area (Å²) in [5.74, 6) is -0.225. The van der Waals surface area contributed by atoms with Crippen LogP contribution in [0.15, 0.2) is 29.2 Å². The van der Waals surface area contributed by atoms with E-state index in [-0.39, 0.29) is 16.5 Å². The number of carbonyl (C=O) groups excluding carboxylic acids is 1. The van der Waals surface area contributed by atoms with Crippen LogP contribution in [0.4, 0.5) is 0 Å². The molecule has 1 saturated carbocycles. The Balaban J connectivity index is 2.41. The van der Waals surface area contributed by atoms with Gasteiger partial charge in [0.2, 0.25) is 10.0 Å². The van der Waals surface area contributed by atoms with E-state index in [0.717, 1.165) is 12.8 Å². The van der Waals surface area contributed by atoms with E-state index in [0.29, 0.717) is 5.92 Å². The molecule has 1 aliphatic rings. The van der Waals surface area contributed by atoms with E-state index in [2.05, 4.69) is 4.74 Å². The third-order valence-corrected chi connectivity index (χ3v) is 5.83. The molecule has 1 unspecified atom stereocenters. The van der Waals surface area contributed by atoms with Gasteiger partial charge in [-0.15, -0.1) is 0 Å². The summed E-state index contributed by atoms with van der Waals surface area (Å²) in [6.07, 6.45) is 2.11. The highest BCUT2D eigenvalue weighted by Crippen LogP contribution is 2.36. The van der Waals surface area contributed by atoms with E-state index in [1.807, 2.05) is 6.92 Å². The highest BCUT2D eigenvalue weighted by atomic mass is 32.2. The van der Waals surface area contributed by atoms with Gasteiger partial charge in [0.1, 0.15) is 0 Å². The Bertz CT molecular complexity index is 607. The molecule has 1 aromatic carbocycles. The molecule has 0 bridgehead atoms. The van der Waals surface area contributed by atoms with Crippen LogP contribution >= 0.6 is 0 Å². The molecule has 6 heteroatoms. The third-order valence-electron chi connectivity index (χ3n) is 3.83. The number of rotatable bonds is 5. The molecule has 1 atom stereocenters. The quantitative estimate of drug-likeness (QED) is 0.779. The number of carbonyl (C=O) groups is 1. The Hall–Kier alpha value is -1.40. The molecule has 1 aliphatic carbocycles. The first-order chi connectivity index (χ1) is 9.39. The first-order valence-electron chi connectivity index (χ1n) is 6.55. The molecule has 0 N–H and O–H groups in total. The van der Waals surface area contributed by atoms with Crippen LogP contribution in [0.2, 0.25) is 0 Å². The highest BCUT2D eigenvalue weighted by molar-refractivity contribution is 7.89. The normalized spacial score (nSPS) is 17.0. The van der Waals surface area contributed by atoms with Crippen LogP contribution in [0.5, 0.6) is 0 Å². The number of esters is 1. The van der Waals surface area contributed by atoms with Gasteiger partial charge in [-0.2, -0.15) is 4.31 Å². The van der Waals surface area contributed by atoms with Crippen molar-refractivity contribution in [1.82, 2.24) is 4.31 Å². The Morgan fingerprint density at radius 2 is 1.95 bits per heavy atom. The van der Waals surface area contributed by atoms with Crippen molar-refractivity contribution in [3.8, 4) is 0 Å². The van der Waals surface area contributed by atoms with E-state index in [1.165, 1.54) is 23.5 Å². The molecular weight excluding hydrogens is 278 g/mol. The number of hydrogen-bond acceptors (Lipinski definition) is 4. The van der Waals surface area contributed by atoms with Crippen LogP contribution in [0.25, 0.3) is 0 Å². The van der Waals surface area contributed by atoms with Gasteiger partial charge in [0.05, 0.1) is 17.6 Å². The van der Waals surface area contributed by atoms with Gasteiger partial charge in [-0.05, 0) is 37.8 Å². The summed E-state index contributed by atoms with van der Waals surface area (Å²) >= 11 is 0. The summed E-state index contributed by atoms with van der Waals surface area (Å²) in [5, 5.41) is 0. The highest BCUT2D eigenvalue weighted by Gasteiger charge is 2.37. The molecule has 0 saturated heterocycles. The van der Waals surface area contributed by atoms with Crippen molar-refractivity contribution < 1.29 is 17.9 Å². The fraction of sp³-hybridized carbons (Fsp3) is 0.500. The van der Waals surface area contributed by atoms with E-state index in [9.17, 15) is 13.2 Å². The van der Waals surface area contributed by atoms with Gasteiger partial charge in [-0.1, -0.05) is 12.1 Å². The van der Waals surface area contributed by atoms with Gasteiger partial charge in [-0.3, -0.25) is 0 Å². The summed E-state index contributed by atoms with van der Waals surface area (Å²) in [4.78, 5) is 11.7. The van der Waals surface area contributed by atoms with Crippen LogP contribution in [0.3, 0.4) is 0 Å². The van der Waals surface area contributed by atoms with Crippen LogP contribution in [0.1, 0.15) is 30.1 Å². The largest absolute Gasteiger partial charge is 0.465 e. The fourth-order valence-corrected chi connectivity index (χ4v) is 3.82. The molecule has 20 heavy (non-hydrogen) atoms. The Kier molecular flexibility index (Phi) is 4.15. The summed E-state index contributed by atoms with van der Waals surface area (Å²) in [5.41, 5.74) is 0.0739. The lowest BCUT2D eigenvalue weighted by Gasteiger charge is -2.25. The summed E-state index contributed by atoms with van der Waals surface area (Å²) < 4.78 is 31.3. The molecule has 5 nitrogen and oxygen atoms in total. The molecule has 0 amide bonds. The molecule has 0 spiro atoms. The maximum Gasteiger partial charge on any atom is 0.339 e. The second-order valence-corrected chi connectivity index (χ2v) is 7.05. The molecule has 0 radical (unpaired) electrons. The molecule has 1 fully saturated rings. The van der Waals surface area contributed by atoms with Gasteiger partial charge in [-0.25, -0.2) is 13.2 Å². The van der Waals surface area contributed by atoms with Gasteiger partial charge in [0, 0.05) is 13.1 Å². The molecule has 1 aromatic rings. The lowest BCUT2D eigenvalue weighted by atomic mass is 10.2. The van der Waals surface area contributed by atoms with Gasteiger partial charge < -0.3 is 4.74 Å². The zero-order valence-electron chi connectivity index (χ0n) is 11.9. The first-order valence-corrected chi connectivity index (χ1v) is 7.99. The van der Waals surface area contributed by atoms with Gasteiger partial charge in [0.15, 0.2) is 0 Å². The summed E-state index contributed by atoms with van der Waals surface area (Å²) in [7, 11) is -0.896. The smallest absolute Gasteiger partial charge is 0.339 e. The zero-order chi connectivity index (χ0) is 14.9. The summed E-state index contributed by atoms with van der Waals surface area (Å²) in [6.45, 7) is 1.90. The molecule has 2 rings (SSSR count). The maximum absolute atomic E-state index is 12.7. The van der Waals surface area contributed by atoms with Crippen molar-refractivity contribution in [2.24, 2.45) is 5.92 Å². The monoisotopic (exact) mass is 297 g/mol. The molecular formula is C14H19NO4S. The predicted octanol–water partition coefficient (Wildman–Crippen LogP) is 1.89. The third kappa shape index (κ3) is 2.71. The lowest BCUT2D eigenvalue weighted by molar-refractivity contribution is 0.0596. The van der Waals surface area contributed by atoms with Gasteiger partial charge >= 0.3 is 5.97 Å². The topological polar surface area (TPSA) is 63.7 Å². The van der Waals surface area contributed by atoms with Crippen molar-refractivity contribution in [2.45, 2.75) is 30.7 Å². The average Bonchev–Trinajstić information content (AvgIpc) is 3.29. The lowest BCUT2D eigenvalue weighted by Crippen LogP contribution is -2.37.